The summed E-state index contributed by atoms with van der Waals surface area (Å²) in [5.41, 5.74) is 5.56. The minimum absolute atomic E-state index is 0.0137. The molecule has 8 aromatic carbocycles. The Balaban J connectivity index is 1.09. The van der Waals surface area contributed by atoms with Crippen molar-refractivity contribution in [3.05, 3.63) is 176 Å². The number of nitrogens with zero attached hydrogens (tertiary/aromatic N) is 3. The van der Waals surface area contributed by atoms with Crippen molar-refractivity contribution >= 4 is 85.0 Å². The molecule has 0 saturated carbocycles. The van der Waals surface area contributed by atoms with Crippen LogP contribution in [0.3, 0.4) is 0 Å². The summed E-state index contributed by atoms with van der Waals surface area (Å²) in [6.07, 6.45) is 0. The first-order valence-corrected chi connectivity index (χ1v) is 20.1. The van der Waals surface area contributed by atoms with Crippen LogP contribution in [0.4, 0.5) is 0 Å². The quantitative estimate of drug-likeness (QED) is 0.175. The lowest BCUT2D eigenvalue weighted by molar-refractivity contribution is 0.669. The van der Waals surface area contributed by atoms with Crippen molar-refractivity contribution < 1.29 is 12.6 Å². The Morgan fingerprint density at radius 2 is 1.05 bits per heavy atom. The number of para-hydroxylation sites is 1. The molecule has 0 unspecified atom stereocenters. The molecule has 0 atom stereocenters. The molecule has 57 heavy (non-hydrogen) atoms. The number of thiophene rings is 2. The summed E-state index contributed by atoms with van der Waals surface area (Å²) in [4.78, 5) is 14.8. The van der Waals surface area contributed by atoms with Crippen LogP contribution in [-0.2, 0) is 0 Å². The van der Waals surface area contributed by atoms with Gasteiger partial charge in [0.1, 0.15) is 11.2 Å². The average molecular weight is 770 g/mol. The van der Waals surface area contributed by atoms with E-state index in [1.165, 1.54) is 0 Å². The summed E-state index contributed by atoms with van der Waals surface area (Å²) >= 11 is 2.76. The number of fused-ring (bicyclic) bond motifs is 9. The highest BCUT2D eigenvalue weighted by Gasteiger charge is 2.19. The molecule has 0 aliphatic heterocycles. The molecule has 0 saturated heterocycles. The number of rotatable bonds is 5. The molecule has 12 aromatic rings. The van der Waals surface area contributed by atoms with Gasteiger partial charge in [0.15, 0.2) is 17.5 Å². The Labute approximate surface area is 343 Å². The van der Waals surface area contributed by atoms with Gasteiger partial charge in [-0.1, -0.05) is 121 Å². The number of benzene rings is 8. The van der Waals surface area contributed by atoms with E-state index >= 15 is 0 Å². The molecule has 4 aromatic heterocycles. The smallest absolute Gasteiger partial charge is 0.164 e. The highest BCUT2D eigenvalue weighted by molar-refractivity contribution is 7.26. The van der Waals surface area contributed by atoms with E-state index < -0.39 is 0 Å². The van der Waals surface area contributed by atoms with Crippen molar-refractivity contribution in [1.29, 1.82) is 0 Å². The third kappa shape index (κ3) is 5.37. The Bertz CT molecular complexity index is 3880. The van der Waals surface area contributed by atoms with E-state index in [9.17, 15) is 8.22 Å². The monoisotopic (exact) mass is 769 g/mol. The molecular weight excluding hydrogens is 735 g/mol. The van der Waals surface area contributed by atoms with Gasteiger partial charge in [0, 0.05) is 67.8 Å². The number of furan rings is 1. The molecule has 12 rings (SSSR count). The van der Waals surface area contributed by atoms with E-state index in [1.54, 1.807) is 11.3 Å². The van der Waals surface area contributed by atoms with Crippen LogP contribution >= 0.6 is 22.7 Å². The predicted octanol–water partition coefficient (Wildman–Crippen LogP) is 14.8. The van der Waals surface area contributed by atoms with Crippen LogP contribution in [0.5, 0.6) is 0 Å². The summed E-state index contributed by atoms with van der Waals surface area (Å²) in [6, 6.07) is 44.5. The van der Waals surface area contributed by atoms with Crippen molar-refractivity contribution in [2.75, 3.05) is 0 Å². The summed E-state index contributed by atoms with van der Waals surface area (Å²) in [5.74, 6) is 0.660. The molecular formula is C51H29N3OS2. The zero-order chi connectivity index (χ0) is 42.7. The van der Waals surface area contributed by atoms with E-state index in [0.29, 0.717) is 43.3 Å². The lowest BCUT2D eigenvalue weighted by atomic mass is 9.97. The molecule has 4 nitrogen and oxygen atoms in total. The predicted molar refractivity (Wildman–Crippen MR) is 240 cm³/mol. The zero-order valence-electron chi connectivity index (χ0n) is 35.8. The molecule has 0 N–H and O–H groups in total. The molecule has 0 aliphatic rings. The minimum atomic E-state index is -0.283. The number of aromatic nitrogens is 3. The second kappa shape index (κ2) is 12.8. The van der Waals surface area contributed by atoms with E-state index in [0.717, 1.165) is 59.0 Å². The van der Waals surface area contributed by atoms with Crippen LogP contribution in [-0.4, -0.2) is 15.0 Å². The Hall–Kier alpha value is -6.99. The van der Waals surface area contributed by atoms with Crippen LogP contribution in [0.15, 0.2) is 180 Å². The van der Waals surface area contributed by atoms with Gasteiger partial charge in [0.25, 0.3) is 0 Å². The topological polar surface area (TPSA) is 51.8 Å². The van der Waals surface area contributed by atoms with E-state index in [4.69, 9.17) is 19.4 Å². The van der Waals surface area contributed by atoms with Crippen molar-refractivity contribution in [1.82, 2.24) is 15.0 Å². The summed E-state index contributed by atoms with van der Waals surface area (Å²) < 4.78 is 66.0. The molecule has 266 valence electrons. The fourth-order valence-corrected chi connectivity index (χ4v) is 9.75. The molecule has 0 bridgehead atoms. The molecule has 0 spiro atoms. The third-order valence-electron chi connectivity index (χ3n) is 10.4. The average Bonchev–Trinajstić information content (AvgIpc) is 4.03. The van der Waals surface area contributed by atoms with Crippen LogP contribution < -0.4 is 0 Å². The maximum absolute atomic E-state index is 9.70. The SMILES string of the molecule is [2H]c1c(-c2ccc3sc4ccccc4c3c2)c([2H])c2c(sc3c([2H])c(-c4nc(-c5ccccc5)nc(-c5cc(-c6ccccc6)c6c(c5)oc5ccccc56)n4)c([2H])c([2H])c32)c1[2H]. The fourth-order valence-electron chi connectivity index (χ4n) is 7.69. The third-order valence-corrected chi connectivity index (χ3v) is 12.6. The van der Waals surface area contributed by atoms with Gasteiger partial charge in [-0.05, 0) is 76.8 Å². The highest BCUT2D eigenvalue weighted by Crippen LogP contribution is 2.42. The fraction of sp³-hybridized carbons (Fsp3) is 0. The van der Waals surface area contributed by atoms with Gasteiger partial charge in [0.05, 0.1) is 8.22 Å². The molecule has 0 fully saturated rings. The van der Waals surface area contributed by atoms with Gasteiger partial charge in [-0.2, -0.15) is 0 Å². The van der Waals surface area contributed by atoms with Crippen LogP contribution in [0, 0.1) is 0 Å². The van der Waals surface area contributed by atoms with E-state index in [2.05, 4.69) is 12.1 Å². The molecule has 0 aliphatic carbocycles. The lowest BCUT2D eigenvalue weighted by Crippen LogP contribution is -2.00. The summed E-state index contributed by atoms with van der Waals surface area (Å²) in [5, 5.41) is 4.53. The van der Waals surface area contributed by atoms with Gasteiger partial charge >= 0.3 is 0 Å². The van der Waals surface area contributed by atoms with Crippen molar-refractivity contribution in [2.45, 2.75) is 0 Å². The lowest BCUT2D eigenvalue weighted by Gasteiger charge is -2.11. The number of hydrogen-bond donors (Lipinski definition) is 0. The standard InChI is InChI=1S/C51H29N3OS2/c1-3-11-30(12-4-1)39-27-35(28-43-48(39)38-16-7-9-17-42(38)55-43)51-53-49(31-13-5-2-6-14-31)52-50(54-51)34-19-22-37-41-26-33(21-24-46(41)57-47(37)29-34)32-20-23-45-40(25-32)36-15-8-10-18-44(36)56-45/h1-29H/i19D,21D,22D,24D,26D,29D. The first-order valence-electron chi connectivity index (χ1n) is 21.4. The normalized spacial score (nSPS) is 13.3. The zero-order valence-corrected chi connectivity index (χ0v) is 31.5. The van der Waals surface area contributed by atoms with E-state index in [1.807, 2.05) is 127 Å². The van der Waals surface area contributed by atoms with Gasteiger partial charge < -0.3 is 4.42 Å². The maximum Gasteiger partial charge on any atom is 0.164 e. The van der Waals surface area contributed by atoms with Gasteiger partial charge in [-0.25, -0.2) is 15.0 Å². The largest absolute Gasteiger partial charge is 0.456 e. The van der Waals surface area contributed by atoms with Crippen molar-refractivity contribution in [3.63, 3.8) is 0 Å². The van der Waals surface area contributed by atoms with E-state index in [-0.39, 0.29) is 64.0 Å². The highest BCUT2D eigenvalue weighted by atomic mass is 32.1. The Kier molecular flexibility index (Phi) is 6.00. The molecule has 4 heterocycles. The summed E-state index contributed by atoms with van der Waals surface area (Å²) in [7, 11) is 0. The van der Waals surface area contributed by atoms with Gasteiger partial charge in [-0.3, -0.25) is 0 Å². The molecule has 0 radical (unpaired) electrons. The number of hydrogen-bond acceptors (Lipinski definition) is 6. The van der Waals surface area contributed by atoms with Gasteiger partial charge in [0.2, 0.25) is 0 Å². The summed E-state index contributed by atoms with van der Waals surface area (Å²) in [6.45, 7) is 0. The van der Waals surface area contributed by atoms with Crippen LogP contribution in [0.2, 0.25) is 0 Å². The second-order valence-electron chi connectivity index (χ2n) is 13.9. The van der Waals surface area contributed by atoms with Crippen LogP contribution in [0.1, 0.15) is 8.22 Å². The van der Waals surface area contributed by atoms with Crippen molar-refractivity contribution in [2.24, 2.45) is 0 Å². The maximum atomic E-state index is 9.70. The first-order chi connectivity index (χ1) is 30.7. The molecule has 0 amide bonds. The molecule has 6 heteroatoms. The van der Waals surface area contributed by atoms with Gasteiger partial charge in [-0.15, -0.1) is 22.7 Å². The van der Waals surface area contributed by atoms with Crippen LogP contribution in [0.25, 0.3) is 119 Å². The first kappa shape index (κ1) is 26.8. The second-order valence-corrected chi connectivity index (χ2v) is 16.0. The van der Waals surface area contributed by atoms with Crippen molar-refractivity contribution in [3.8, 4) is 56.4 Å². The minimum Gasteiger partial charge on any atom is -0.456 e. The Morgan fingerprint density at radius 1 is 0.386 bits per heavy atom. The Morgan fingerprint density at radius 3 is 1.89 bits per heavy atom.